The molecule has 0 aliphatic carbocycles. The van der Waals surface area contributed by atoms with Crippen molar-refractivity contribution < 1.29 is 70.1 Å². The molecule has 0 aliphatic heterocycles. The summed E-state index contributed by atoms with van der Waals surface area (Å²) in [5, 5.41) is 16.4. The number of carboxylic acid groups (broad SMARTS) is 1. The predicted octanol–water partition coefficient (Wildman–Crippen LogP) is 3.99. The fourth-order valence-corrected chi connectivity index (χ4v) is 3.66. The van der Waals surface area contributed by atoms with Gasteiger partial charge in [0.25, 0.3) is 0 Å². The average Bonchev–Trinajstić information content (AvgIpc) is 3.59. The number of esters is 1. The monoisotopic (exact) mass is 676 g/mol. The number of benzene rings is 2. The summed E-state index contributed by atoms with van der Waals surface area (Å²) >= 11 is 0. The number of halogens is 6. The van der Waals surface area contributed by atoms with Crippen LogP contribution in [0.2, 0.25) is 0 Å². The Bertz CT molecular complexity index is 1730. The van der Waals surface area contributed by atoms with E-state index in [4.69, 9.17) is 9.84 Å². The molecule has 2 N–H and O–H groups in total. The first-order chi connectivity index (χ1) is 20.9. The minimum atomic E-state index is -4.45. The summed E-state index contributed by atoms with van der Waals surface area (Å²) in [6, 6.07) is 7.12. The number of rotatable bonds is 7. The first-order valence-corrected chi connectivity index (χ1v) is 12.9. The Kier molecular flexibility index (Phi) is 16.2. The van der Waals surface area contributed by atoms with Crippen LogP contribution in [0, 0.1) is 13.8 Å². The van der Waals surface area contributed by atoms with Crippen molar-refractivity contribution in [3.05, 3.63) is 83.5 Å². The van der Waals surface area contributed by atoms with E-state index in [1.54, 1.807) is 33.8 Å². The number of alkyl halides is 6. The second kappa shape index (κ2) is 18.0. The maximum absolute atomic E-state index is 12.9. The molecular formula is C30H31F6LiN6O5. The minimum absolute atomic E-state index is 0. The van der Waals surface area contributed by atoms with E-state index in [1.165, 1.54) is 29.6 Å². The van der Waals surface area contributed by atoms with Gasteiger partial charge in [-0.05, 0) is 75.2 Å². The molecule has 18 heteroatoms. The standard InChI is InChI=1S/C16H16F3N3O2.C13H10F3N3O2.CH4.Li.H2O/c1-10(2)24-14(23)4-5-22-9-20-15(21-22)12-6-11(3)7-13(8-12)16(17,18)19;1-8-4-9(6-10(5-8)13(14,15)16)12-17-7-19(18-12)3-2-11(20)21;;;/h4-10H,1-3H3;2-7H,1H3,(H,20,21);1H4;;1H2/q;;;+1;/p-1/b5-4-;3-2-;;;. The van der Waals surface area contributed by atoms with Gasteiger partial charge in [0.1, 0.15) is 12.7 Å². The zero-order valence-electron chi connectivity index (χ0n) is 25.6. The van der Waals surface area contributed by atoms with Gasteiger partial charge < -0.3 is 15.3 Å². The molecule has 0 amide bonds. The molecule has 2 aromatic carbocycles. The molecule has 4 aromatic rings. The number of ether oxygens (including phenoxy) is 1. The third kappa shape index (κ3) is 13.2. The number of carbonyl (C=O) groups is 2. The van der Waals surface area contributed by atoms with E-state index >= 15 is 0 Å². The molecule has 0 spiro atoms. The second-order valence-corrected chi connectivity index (χ2v) is 9.72. The fourth-order valence-electron chi connectivity index (χ4n) is 3.66. The molecule has 254 valence electrons. The minimum Gasteiger partial charge on any atom is -0.870 e. The molecular weight excluding hydrogens is 645 g/mol. The van der Waals surface area contributed by atoms with E-state index in [0.717, 1.165) is 47.3 Å². The van der Waals surface area contributed by atoms with Crippen molar-refractivity contribution in [3.8, 4) is 22.8 Å². The smallest absolute Gasteiger partial charge is 0.870 e. The van der Waals surface area contributed by atoms with E-state index in [0.29, 0.717) is 11.1 Å². The molecule has 0 unspecified atom stereocenters. The number of carboxylic acids is 1. The third-order valence-corrected chi connectivity index (χ3v) is 5.43. The van der Waals surface area contributed by atoms with Crippen LogP contribution in [-0.2, 0) is 26.7 Å². The summed E-state index contributed by atoms with van der Waals surface area (Å²) in [4.78, 5) is 29.6. The van der Waals surface area contributed by atoms with Crippen molar-refractivity contribution in [2.24, 2.45) is 0 Å². The SMILES string of the molecule is C.Cc1cc(-c2ncn(/C=C\C(=O)O)n2)cc(C(F)(F)F)c1.Cc1cc(-c2ncn(/C=C\C(=O)OC(C)C)n2)cc(C(F)(F)F)c1.[Li+].[OH-]. The van der Waals surface area contributed by atoms with Crippen molar-refractivity contribution >= 4 is 24.3 Å². The van der Waals surface area contributed by atoms with E-state index in [1.807, 2.05) is 0 Å². The van der Waals surface area contributed by atoms with Crippen LogP contribution in [0.1, 0.15) is 43.5 Å². The van der Waals surface area contributed by atoms with Gasteiger partial charge >= 0.3 is 43.2 Å². The largest absolute Gasteiger partial charge is 1.00 e. The van der Waals surface area contributed by atoms with Gasteiger partial charge in [0.2, 0.25) is 0 Å². The zero-order chi connectivity index (χ0) is 33.5. The summed E-state index contributed by atoms with van der Waals surface area (Å²) in [5.74, 6) is -1.50. The number of aromatic nitrogens is 6. The number of hydrogen-bond acceptors (Lipinski definition) is 8. The molecule has 4 rings (SSSR count). The Labute approximate surface area is 283 Å². The molecule has 0 radical (unpaired) electrons. The van der Waals surface area contributed by atoms with Gasteiger partial charge in [-0.25, -0.2) is 28.9 Å². The first kappa shape index (κ1) is 43.3. The Morgan fingerprint density at radius 3 is 1.52 bits per heavy atom. The van der Waals surface area contributed by atoms with Crippen LogP contribution in [0.25, 0.3) is 35.2 Å². The van der Waals surface area contributed by atoms with Gasteiger partial charge in [0.15, 0.2) is 11.6 Å². The molecule has 0 saturated carbocycles. The van der Waals surface area contributed by atoms with Crippen molar-refractivity contribution in [1.82, 2.24) is 29.5 Å². The van der Waals surface area contributed by atoms with Crippen molar-refractivity contribution in [1.29, 1.82) is 0 Å². The van der Waals surface area contributed by atoms with Gasteiger partial charge in [-0.3, -0.25) is 0 Å². The maximum Gasteiger partial charge on any atom is 1.00 e. The van der Waals surface area contributed by atoms with E-state index in [-0.39, 0.29) is 60.6 Å². The summed E-state index contributed by atoms with van der Waals surface area (Å²) in [5.41, 5.74) is -0.201. The van der Waals surface area contributed by atoms with Crippen molar-refractivity contribution in [2.45, 2.75) is 53.6 Å². The van der Waals surface area contributed by atoms with Crippen LogP contribution < -0.4 is 18.9 Å². The summed E-state index contributed by atoms with van der Waals surface area (Å²) in [6.07, 6.45) is -2.17. The molecule has 2 aromatic heterocycles. The summed E-state index contributed by atoms with van der Waals surface area (Å²) in [7, 11) is 0. The quantitative estimate of drug-likeness (QED) is 0.132. The third-order valence-electron chi connectivity index (χ3n) is 5.43. The molecule has 48 heavy (non-hydrogen) atoms. The van der Waals surface area contributed by atoms with Gasteiger partial charge in [-0.1, -0.05) is 7.43 Å². The van der Waals surface area contributed by atoms with Gasteiger partial charge in [0.05, 0.1) is 17.2 Å². The molecule has 0 saturated heterocycles. The van der Waals surface area contributed by atoms with Crippen LogP contribution in [-0.4, -0.2) is 58.2 Å². The van der Waals surface area contributed by atoms with Crippen LogP contribution in [0.4, 0.5) is 26.3 Å². The van der Waals surface area contributed by atoms with Crippen LogP contribution in [0.15, 0.2) is 61.2 Å². The normalized spacial score (nSPS) is 11.3. The Hall–Kier alpha value is -4.72. The topological polar surface area (TPSA) is 155 Å². The number of hydrogen-bond donors (Lipinski definition) is 1. The number of carbonyl (C=O) groups excluding carboxylic acids is 1. The molecule has 0 aliphatic rings. The first-order valence-electron chi connectivity index (χ1n) is 12.9. The Morgan fingerprint density at radius 1 is 0.771 bits per heavy atom. The molecule has 11 nitrogen and oxygen atoms in total. The van der Waals surface area contributed by atoms with Crippen LogP contribution in [0.3, 0.4) is 0 Å². The summed E-state index contributed by atoms with van der Waals surface area (Å²) < 4.78 is 84.1. The average molecular weight is 677 g/mol. The van der Waals surface area contributed by atoms with Crippen molar-refractivity contribution in [3.63, 3.8) is 0 Å². The van der Waals surface area contributed by atoms with Crippen molar-refractivity contribution in [2.75, 3.05) is 0 Å². The molecule has 2 heterocycles. The second-order valence-electron chi connectivity index (χ2n) is 9.72. The maximum atomic E-state index is 12.9. The zero-order valence-corrected chi connectivity index (χ0v) is 25.6. The van der Waals surface area contributed by atoms with Gasteiger partial charge in [0, 0.05) is 35.7 Å². The molecule has 0 bridgehead atoms. The van der Waals surface area contributed by atoms with Gasteiger partial charge in [-0.15, -0.1) is 10.2 Å². The van der Waals surface area contributed by atoms with Gasteiger partial charge in [-0.2, -0.15) is 26.3 Å². The molecule has 0 atom stereocenters. The number of nitrogens with zero attached hydrogens (tertiary/aromatic N) is 6. The van der Waals surface area contributed by atoms with Crippen LogP contribution >= 0.6 is 0 Å². The van der Waals surface area contributed by atoms with E-state index in [9.17, 15) is 35.9 Å². The Morgan fingerprint density at radius 2 is 1.17 bits per heavy atom. The predicted molar refractivity (Wildman–Crippen MR) is 159 cm³/mol. The molecule has 0 fully saturated rings. The van der Waals surface area contributed by atoms with E-state index < -0.39 is 35.4 Å². The number of aryl methyl sites for hydroxylation is 2. The fraction of sp³-hybridized carbons (Fsp3) is 0.267. The van der Waals surface area contributed by atoms with Crippen LogP contribution in [0.5, 0.6) is 0 Å². The Balaban J connectivity index is 0.000000873. The summed E-state index contributed by atoms with van der Waals surface area (Å²) in [6.45, 7) is 6.54. The number of aliphatic carboxylic acids is 1. The van der Waals surface area contributed by atoms with E-state index in [2.05, 4.69) is 20.2 Å².